The van der Waals surface area contributed by atoms with E-state index in [4.69, 9.17) is 0 Å². The van der Waals surface area contributed by atoms with E-state index in [-0.39, 0.29) is 0 Å². The number of aromatic nitrogens is 1. The van der Waals surface area contributed by atoms with Crippen molar-refractivity contribution in [3.05, 3.63) is 39.3 Å². The maximum absolute atomic E-state index is 10.7. The Morgan fingerprint density at radius 3 is 2.53 bits per heavy atom. The fourth-order valence-corrected chi connectivity index (χ4v) is 2.38. The molecule has 76 valence electrons. The second-order valence-corrected chi connectivity index (χ2v) is 5.04. The van der Waals surface area contributed by atoms with Crippen LogP contribution in [0.5, 0.6) is 0 Å². The summed E-state index contributed by atoms with van der Waals surface area (Å²) in [7, 11) is 0. The van der Waals surface area contributed by atoms with Crippen LogP contribution in [0.4, 0.5) is 0 Å². The smallest absolute Gasteiger partial charge is 0.161 e. The van der Waals surface area contributed by atoms with Gasteiger partial charge in [0.15, 0.2) is 6.29 Å². The summed E-state index contributed by atoms with van der Waals surface area (Å²) >= 11 is 4.80. The predicted octanol–water partition coefficient (Wildman–Crippen LogP) is 3.69. The van der Waals surface area contributed by atoms with Crippen molar-refractivity contribution in [2.75, 3.05) is 0 Å². The molecule has 15 heavy (non-hydrogen) atoms. The Kier molecular flexibility index (Phi) is 2.98. The van der Waals surface area contributed by atoms with Crippen molar-refractivity contribution < 1.29 is 4.79 Å². The van der Waals surface area contributed by atoms with Crippen LogP contribution in [0.3, 0.4) is 0 Å². The molecule has 0 bridgehead atoms. The standard InChI is InChI=1S/C11H8BrNOS/c1-7-10(6-14)15-11(13-7)8-2-4-9(12)5-3-8/h2-6H,1H3. The number of hydrogen-bond acceptors (Lipinski definition) is 3. The molecule has 0 saturated carbocycles. The molecule has 0 fully saturated rings. The molecule has 1 aromatic heterocycles. The van der Waals surface area contributed by atoms with Crippen LogP contribution >= 0.6 is 27.3 Å². The van der Waals surface area contributed by atoms with E-state index in [1.54, 1.807) is 0 Å². The van der Waals surface area contributed by atoms with E-state index in [0.717, 1.165) is 27.0 Å². The van der Waals surface area contributed by atoms with E-state index >= 15 is 0 Å². The van der Waals surface area contributed by atoms with Gasteiger partial charge in [-0.2, -0.15) is 0 Å². The van der Waals surface area contributed by atoms with E-state index in [0.29, 0.717) is 4.88 Å². The molecule has 2 rings (SSSR count). The molecule has 0 N–H and O–H groups in total. The number of halogens is 1. The van der Waals surface area contributed by atoms with Gasteiger partial charge in [-0.15, -0.1) is 11.3 Å². The van der Waals surface area contributed by atoms with Gasteiger partial charge < -0.3 is 0 Å². The highest BCUT2D eigenvalue weighted by atomic mass is 79.9. The number of aryl methyl sites for hydroxylation is 1. The van der Waals surface area contributed by atoms with Crippen LogP contribution < -0.4 is 0 Å². The van der Waals surface area contributed by atoms with Crippen molar-refractivity contribution in [3.63, 3.8) is 0 Å². The molecule has 0 amide bonds. The number of rotatable bonds is 2. The van der Waals surface area contributed by atoms with Gasteiger partial charge in [0, 0.05) is 10.0 Å². The highest BCUT2D eigenvalue weighted by Crippen LogP contribution is 2.27. The van der Waals surface area contributed by atoms with E-state index in [1.165, 1.54) is 11.3 Å². The number of aldehydes is 1. The minimum absolute atomic E-state index is 0.702. The molecule has 2 nitrogen and oxygen atoms in total. The zero-order chi connectivity index (χ0) is 10.8. The molecular formula is C11H8BrNOS. The number of nitrogens with zero attached hydrogens (tertiary/aromatic N) is 1. The number of benzene rings is 1. The third kappa shape index (κ3) is 2.16. The van der Waals surface area contributed by atoms with Crippen molar-refractivity contribution in [1.29, 1.82) is 0 Å². The molecule has 1 heterocycles. The van der Waals surface area contributed by atoms with Crippen LogP contribution in [-0.4, -0.2) is 11.3 Å². The van der Waals surface area contributed by atoms with Gasteiger partial charge in [-0.1, -0.05) is 28.1 Å². The second kappa shape index (κ2) is 4.24. The fraction of sp³-hybridized carbons (Fsp3) is 0.0909. The number of carbonyl (C=O) groups is 1. The van der Waals surface area contributed by atoms with Gasteiger partial charge in [-0.3, -0.25) is 4.79 Å². The summed E-state index contributed by atoms with van der Waals surface area (Å²) in [5.74, 6) is 0. The summed E-state index contributed by atoms with van der Waals surface area (Å²) in [6, 6.07) is 7.90. The molecule has 4 heteroatoms. The maximum Gasteiger partial charge on any atom is 0.161 e. The summed E-state index contributed by atoms with van der Waals surface area (Å²) in [5.41, 5.74) is 1.84. The topological polar surface area (TPSA) is 30.0 Å². The van der Waals surface area contributed by atoms with Gasteiger partial charge in [0.05, 0.1) is 10.6 Å². The van der Waals surface area contributed by atoms with Gasteiger partial charge in [0.25, 0.3) is 0 Å². The quantitative estimate of drug-likeness (QED) is 0.786. The van der Waals surface area contributed by atoms with Gasteiger partial charge in [0.2, 0.25) is 0 Å². The van der Waals surface area contributed by atoms with Crippen molar-refractivity contribution in [3.8, 4) is 10.6 Å². The first kappa shape index (κ1) is 10.5. The molecule has 0 aliphatic rings. The molecule has 1 aromatic carbocycles. The number of carbonyl (C=O) groups excluding carboxylic acids is 1. The molecule has 0 spiro atoms. The SMILES string of the molecule is Cc1nc(-c2ccc(Br)cc2)sc1C=O. The van der Waals surface area contributed by atoms with Crippen LogP contribution in [0.1, 0.15) is 15.4 Å². The van der Waals surface area contributed by atoms with Crippen LogP contribution in [0.2, 0.25) is 0 Å². The van der Waals surface area contributed by atoms with Gasteiger partial charge >= 0.3 is 0 Å². The Bertz CT molecular complexity index is 490. The normalized spacial score (nSPS) is 10.3. The fourth-order valence-electron chi connectivity index (χ4n) is 1.23. The third-order valence-corrected chi connectivity index (χ3v) is 3.69. The monoisotopic (exact) mass is 281 g/mol. The molecule has 0 unspecified atom stereocenters. The van der Waals surface area contributed by atoms with Crippen molar-refractivity contribution in [1.82, 2.24) is 4.98 Å². The highest BCUT2D eigenvalue weighted by molar-refractivity contribution is 9.10. The van der Waals surface area contributed by atoms with E-state index in [9.17, 15) is 4.79 Å². The second-order valence-electron chi connectivity index (χ2n) is 3.09. The van der Waals surface area contributed by atoms with Crippen molar-refractivity contribution in [2.24, 2.45) is 0 Å². The molecule has 0 aliphatic heterocycles. The van der Waals surface area contributed by atoms with Gasteiger partial charge in [-0.05, 0) is 19.1 Å². The van der Waals surface area contributed by atoms with Gasteiger partial charge in [-0.25, -0.2) is 4.98 Å². The van der Waals surface area contributed by atoms with Crippen LogP contribution in [-0.2, 0) is 0 Å². The Morgan fingerprint density at radius 2 is 2.00 bits per heavy atom. The average molecular weight is 282 g/mol. The predicted molar refractivity (Wildman–Crippen MR) is 65.4 cm³/mol. The third-order valence-electron chi connectivity index (χ3n) is 2.03. The van der Waals surface area contributed by atoms with Crippen LogP contribution in [0.25, 0.3) is 10.6 Å². The average Bonchev–Trinajstić information content (AvgIpc) is 2.61. The molecule has 0 saturated heterocycles. The van der Waals surface area contributed by atoms with Crippen LogP contribution in [0, 0.1) is 6.92 Å². The van der Waals surface area contributed by atoms with E-state index < -0.39 is 0 Å². The molecule has 2 aromatic rings. The lowest BCUT2D eigenvalue weighted by molar-refractivity contribution is 0.112. The first-order valence-corrected chi connectivity index (χ1v) is 6.00. The zero-order valence-electron chi connectivity index (χ0n) is 8.03. The maximum atomic E-state index is 10.7. The van der Waals surface area contributed by atoms with Gasteiger partial charge in [0.1, 0.15) is 5.01 Å². The Hall–Kier alpha value is -1.00. The van der Waals surface area contributed by atoms with Crippen molar-refractivity contribution in [2.45, 2.75) is 6.92 Å². The van der Waals surface area contributed by atoms with E-state index in [2.05, 4.69) is 20.9 Å². The Morgan fingerprint density at radius 1 is 1.33 bits per heavy atom. The summed E-state index contributed by atoms with van der Waals surface area (Å²) < 4.78 is 1.04. The highest BCUT2D eigenvalue weighted by Gasteiger charge is 2.07. The number of thiazole rings is 1. The lowest BCUT2D eigenvalue weighted by atomic mass is 10.2. The van der Waals surface area contributed by atoms with Crippen LogP contribution in [0.15, 0.2) is 28.7 Å². The summed E-state index contributed by atoms with van der Waals surface area (Å²) in [5, 5.41) is 0.891. The first-order valence-electron chi connectivity index (χ1n) is 4.39. The summed E-state index contributed by atoms with van der Waals surface area (Å²) in [4.78, 5) is 15.7. The van der Waals surface area contributed by atoms with E-state index in [1.807, 2.05) is 31.2 Å². The zero-order valence-corrected chi connectivity index (χ0v) is 10.4. The lowest BCUT2D eigenvalue weighted by Gasteiger charge is -1.95. The minimum atomic E-state index is 0.702. The molecular weight excluding hydrogens is 274 g/mol. The lowest BCUT2D eigenvalue weighted by Crippen LogP contribution is -1.78. The van der Waals surface area contributed by atoms with Crippen molar-refractivity contribution >= 4 is 33.6 Å². The first-order chi connectivity index (χ1) is 7.20. The number of hydrogen-bond donors (Lipinski definition) is 0. The largest absolute Gasteiger partial charge is 0.297 e. The minimum Gasteiger partial charge on any atom is -0.297 e. The summed E-state index contributed by atoms with van der Waals surface area (Å²) in [6.07, 6.45) is 0.857. The summed E-state index contributed by atoms with van der Waals surface area (Å²) in [6.45, 7) is 1.85. The Balaban J connectivity index is 2.45. The molecule has 0 radical (unpaired) electrons. The Labute approximate surface area is 100 Å². The molecule has 0 atom stereocenters. The molecule has 0 aliphatic carbocycles.